The number of nitrogens with two attached hydrogens (primary N) is 1. The maximum Gasteiger partial charge on any atom is 0.265 e. The molecule has 0 spiro atoms. The van der Waals surface area contributed by atoms with Crippen molar-refractivity contribution in [2.45, 2.75) is 26.9 Å². The summed E-state index contributed by atoms with van der Waals surface area (Å²) >= 11 is 0. The van der Waals surface area contributed by atoms with Crippen LogP contribution in [0, 0.1) is 13.8 Å². The quantitative estimate of drug-likeness (QED) is 0.890. The van der Waals surface area contributed by atoms with Crippen LogP contribution in [0.3, 0.4) is 0 Å². The monoisotopic (exact) mass is 312 g/mol. The molecule has 0 saturated carbocycles. The minimum absolute atomic E-state index is 0.266. The van der Waals surface area contributed by atoms with Crippen LogP contribution in [-0.2, 0) is 4.79 Å². The van der Waals surface area contributed by atoms with Gasteiger partial charge in [0.25, 0.3) is 5.91 Å². The van der Waals surface area contributed by atoms with Crippen molar-refractivity contribution >= 4 is 17.5 Å². The average Bonchev–Trinajstić information content (AvgIpc) is 2.51. The lowest BCUT2D eigenvalue weighted by molar-refractivity contribution is -0.122. The number of nitrogens with one attached hydrogen (secondary N) is 1. The number of hydrogen-bond acceptors (Lipinski definition) is 3. The first-order valence-electron chi connectivity index (χ1n) is 7.31. The van der Waals surface area contributed by atoms with Gasteiger partial charge in [0.05, 0.1) is 0 Å². The fraction of sp³-hybridized carbons (Fsp3) is 0.222. The number of amides is 2. The van der Waals surface area contributed by atoms with E-state index in [2.05, 4.69) is 5.32 Å². The third-order valence-electron chi connectivity index (χ3n) is 3.45. The summed E-state index contributed by atoms with van der Waals surface area (Å²) in [6.07, 6.45) is -0.647. The summed E-state index contributed by atoms with van der Waals surface area (Å²) in [6, 6.07) is 12.2. The molecule has 2 rings (SSSR count). The minimum Gasteiger partial charge on any atom is -0.481 e. The van der Waals surface area contributed by atoms with E-state index in [0.717, 1.165) is 11.1 Å². The molecule has 0 radical (unpaired) electrons. The van der Waals surface area contributed by atoms with E-state index in [9.17, 15) is 9.59 Å². The van der Waals surface area contributed by atoms with Gasteiger partial charge in [0, 0.05) is 11.3 Å². The van der Waals surface area contributed by atoms with Gasteiger partial charge < -0.3 is 15.8 Å². The van der Waals surface area contributed by atoms with Gasteiger partial charge in [-0.15, -0.1) is 0 Å². The van der Waals surface area contributed by atoms with Gasteiger partial charge in [-0.05, 0) is 62.2 Å². The van der Waals surface area contributed by atoms with Gasteiger partial charge in [-0.2, -0.15) is 0 Å². The molecular formula is C18H20N2O3. The fourth-order valence-electron chi connectivity index (χ4n) is 2.04. The Morgan fingerprint density at radius 2 is 1.74 bits per heavy atom. The summed E-state index contributed by atoms with van der Waals surface area (Å²) in [4.78, 5) is 23.2. The van der Waals surface area contributed by atoms with Crippen molar-refractivity contribution in [1.29, 1.82) is 0 Å². The lowest BCUT2D eigenvalue weighted by Crippen LogP contribution is -2.30. The number of rotatable bonds is 5. The first kappa shape index (κ1) is 16.5. The minimum atomic E-state index is -0.647. The number of hydrogen-bond donors (Lipinski definition) is 2. The predicted octanol–water partition coefficient (Wildman–Crippen LogP) is 2.81. The summed E-state index contributed by atoms with van der Waals surface area (Å²) < 4.78 is 5.74. The molecule has 0 aromatic heterocycles. The molecule has 0 heterocycles. The standard InChI is InChI=1S/C18H20N2O3/c1-11-4-5-12(2)16(10-11)23-13(3)18(22)20-15-8-6-14(7-9-15)17(19)21/h4-10,13H,1-3H3,(H2,19,21)(H,20,22)/t13-/m0/s1. The Labute approximate surface area is 135 Å². The van der Waals surface area contributed by atoms with Crippen LogP contribution in [0.1, 0.15) is 28.4 Å². The van der Waals surface area contributed by atoms with E-state index in [1.54, 1.807) is 31.2 Å². The number of benzene rings is 2. The van der Waals surface area contributed by atoms with Crippen molar-refractivity contribution in [2.24, 2.45) is 5.73 Å². The Kier molecular flexibility index (Phi) is 5.01. The van der Waals surface area contributed by atoms with Gasteiger partial charge in [0.15, 0.2) is 6.10 Å². The van der Waals surface area contributed by atoms with E-state index in [-0.39, 0.29) is 5.91 Å². The van der Waals surface area contributed by atoms with Crippen molar-refractivity contribution in [3.8, 4) is 5.75 Å². The number of carbonyl (C=O) groups excluding carboxylic acids is 2. The normalized spacial score (nSPS) is 11.6. The molecule has 5 nitrogen and oxygen atoms in total. The number of primary amides is 1. The molecule has 0 aliphatic heterocycles. The second-order valence-corrected chi connectivity index (χ2v) is 5.46. The van der Waals surface area contributed by atoms with Crippen molar-refractivity contribution in [2.75, 3.05) is 5.32 Å². The van der Waals surface area contributed by atoms with E-state index in [4.69, 9.17) is 10.5 Å². The van der Waals surface area contributed by atoms with Gasteiger partial charge in [0.2, 0.25) is 5.91 Å². The van der Waals surface area contributed by atoms with Crippen LogP contribution in [0.15, 0.2) is 42.5 Å². The zero-order valence-electron chi connectivity index (χ0n) is 13.4. The Hall–Kier alpha value is -2.82. The lowest BCUT2D eigenvalue weighted by atomic mass is 10.1. The molecule has 3 N–H and O–H groups in total. The number of aryl methyl sites for hydroxylation is 2. The Bertz CT molecular complexity index is 724. The van der Waals surface area contributed by atoms with Gasteiger partial charge in [-0.3, -0.25) is 9.59 Å². The third-order valence-corrected chi connectivity index (χ3v) is 3.45. The number of carbonyl (C=O) groups is 2. The Morgan fingerprint density at radius 1 is 1.09 bits per heavy atom. The van der Waals surface area contributed by atoms with Crippen molar-refractivity contribution in [1.82, 2.24) is 0 Å². The highest BCUT2D eigenvalue weighted by Crippen LogP contribution is 2.21. The van der Waals surface area contributed by atoms with Crippen molar-refractivity contribution in [3.63, 3.8) is 0 Å². The van der Waals surface area contributed by atoms with Crippen molar-refractivity contribution in [3.05, 3.63) is 59.2 Å². The maximum atomic E-state index is 12.2. The molecule has 2 aromatic rings. The first-order chi connectivity index (χ1) is 10.9. The van der Waals surface area contributed by atoms with Crippen LogP contribution >= 0.6 is 0 Å². The van der Waals surface area contributed by atoms with Gasteiger partial charge in [-0.1, -0.05) is 12.1 Å². The first-order valence-corrected chi connectivity index (χ1v) is 7.31. The molecule has 2 amide bonds. The molecular weight excluding hydrogens is 292 g/mol. The van der Waals surface area contributed by atoms with Crippen LogP contribution in [-0.4, -0.2) is 17.9 Å². The zero-order chi connectivity index (χ0) is 17.0. The molecule has 5 heteroatoms. The molecule has 120 valence electrons. The van der Waals surface area contributed by atoms with Crippen LogP contribution in [0.2, 0.25) is 0 Å². The van der Waals surface area contributed by atoms with Gasteiger partial charge in [-0.25, -0.2) is 0 Å². The highest BCUT2D eigenvalue weighted by atomic mass is 16.5. The second kappa shape index (κ2) is 6.96. The maximum absolute atomic E-state index is 12.2. The largest absolute Gasteiger partial charge is 0.481 e. The molecule has 0 aliphatic carbocycles. The molecule has 0 fully saturated rings. The summed E-state index contributed by atoms with van der Waals surface area (Å²) in [5.74, 6) is -0.0797. The van der Waals surface area contributed by atoms with E-state index < -0.39 is 12.0 Å². The van der Waals surface area contributed by atoms with E-state index in [1.165, 1.54) is 0 Å². The lowest BCUT2D eigenvalue weighted by Gasteiger charge is -2.16. The number of anilines is 1. The molecule has 23 heavy (non-hydrogen) atoms. The second-order valence-electron chi connectivity index (χ2n) is 5.46. The smallest absolute Gasteiger partial charge is 0.265 e. The van der Waals surface area contributed by atoms with E-state index in [0.29, 0.717) is 17.0 Å². The topological polar surface area (TPSA) is 81.4 Å². The molecule has 2 aromatic carbocycles. The fourth-order valence-corrected chi connectivity index (χ4v) is 2.04. The van der Waals surface area contributed by atoms with Crippen LogP contribution < -0.4 is 15.8 Å². The summed E-state index contributed by atoms with van der Waals surface area (Å²) in [7, 11) is 0. The summed E-state index contributed by atoms with van der Waals surface area (Å²) in [5.41, 5.74) is 8.19. The molecule has 0 unspecified atom stereocenters. The highest BCUT2D eigenvalue weighted by Gasteiger charge is 2.16. The summed E-state index contributed by atoms with van der Waals surface area (Å²) in [5, 5.41) is 2.75. The van der Waals surface area contributed by atoms with Gasteiger partial charge in [0.1, 0.15) is 5.75 Å². The van der Waals surface area contributed by atoms with E-state index in [1.807, 2.05) is 32.0 Å². The molecule has 0 bridgehead atoms. The van der Waals surface area contributed by atoms with Crippen LogP contribution in [0.5, 0.6) is 5.75 Å². The third kappa shape index (κ3) is 4.32. The molecule has 1 atom stereocenters. The van der Waals surface area contributed by atoms with Crippen LogP contribution in [0.25, 0.3) is 0 Å². The summed E-state index contributed by atoms with van der Waals surface area (Å²) in [6.45, 7) is 5.59. The van der Waals surface area contributed by atoms with E-state index >= 15 is 0 Å². The highest BCUT2D eigenvalue weighted by molar-refractivity contribution is 5.96. The molecule has 0 aliphatic rings. The Balaban J connectivity index is 2.02. The molecule has 0 saturated heterocycles. The average molecular weight is 312 g/mol. The Morgan fingerprint density at radius 3 is 2.35 bits per heavy atom. The van der Waals surface area contributed by atoms with Crippen LogP contribution in [0.4, 0.5) is 5.69 Å². The van der Waals surface area contributed by atoms with Crippen molar-refractivity contribution < 1.29 is 14.3 Å². The number of ether oxygens (including phenoxy) is 1. The van der Waals surface area contributed by atoms with Gasteiger partial charge >= 0.3 is 0 Å². The SMILES string of the molecule is Cc1ccc(C)c(O[C@@H](C)C(=O)Nc2ccc(C(N)=O)cc2)c1. The predicted molar refractivity (Wildman–Crippen MR) is 89.6 cm³/mol. The zero-order valence-corrected chi connectivity index (χ0v) is 13.4.